The van der Waals surface area contributed by atoms with Crippen molar-refractivity contribution in [3.63, 3.8) is 0 Å². The van der Waals surface area contributed by atoms with Gasteiger partial charge in [-0.05, 0) is 26.0 Å². The Balaban J connectivity index is 2.21. The number of para-hydroxylation sites is 1. The van der Waals surface area contributed by atoms with Gasteiger partial charge in [0.2, 0.25) is 0 Å². The van der Waals surface area contributed by atoms with E-state index in [4.69, 9.17) is 5.73 Å². The molecule has 0 amide bonds. The predicted molar refractivity (Wildman–Crippen MR) is 81.2 cm³/mol. The molecule has 0 aliphatic heterocycles. The van der Waals surface area contributed by atoms with Crippen LogP contribution in [-0.4, -0.2) is 14.5 Å². The smallest absolute Gasteiger partial charge is 0.148 e. The van der Waals surface area contributed by atoms with Gasteiger partial charge in [-0.25, -0.2) is 9.97 Å². The molecule has 2 aromatic heterocycles. The Kier molecular flexibility index (Phi) is 2.83. The highest BCUT2D eigenvalue weighted by Crippen LogP contribution is 2.29. The largest absolute Gasteiger partial charge is 0.350 e. The molecule has 102 valence electrons. The van der Waals surface area contributed by atoms with Crippen LogP contribution in [0.5, 0.6) is 0 Å². The van der Waals surface area contributed by atoms with Crippen molar-refractivity contribution in [3.05, 3.63) is 48.5 Å². The third-order valence-electron chi connectivity index (χ3n) is 3.40. The second-order valence-electron chi connectivity index (χ2n) is 5.66. The Hall–Kier alpha value is -2.20. The minimum absolute atomic E-state index is 0.541. The summed E-state index contributed by atoms with van der Waals surface area (Å²) in [5.41, 5.74) is 8.75. The zero-order valence-corrected chi connectivity index (χ0v) is 12.0. The zero-order chi connectivity index (χ0) is 14.3. The van der Waals surface area contributed by atoms with E-state index in [1.54, 1.807) is 6.20 Å². The fourth-order valence-electron chi connectivity index (χ4n) is 2.36. The molecule has 0 aliphatic carbocycles. The molecule has 4 heteroatoms. The summed E-state index contributed by atoms with van der Waals surface area (Å²) in [6.07, 6.45) is 3.87. The first-order valence-corrected chi connectivity index (χ1v) is 6.63. The number of hydrogen-bond donors (Lipinski definition) is 1. The predicted octanol–water partition coefficient (Wildman–Crippen LogP) is 2.83. The monoisotopic (exact) mass is 266 g/mol. The second kappa shape index (κ2) is 4.42. The van der Waals surface area contributed by atoms with E-state index in [1.165, 1.54) is 10.9 Å². The van der Waals surface area contributed by atoms with Gasteiger partial charge in [0.25, 0.3) is 0 Å². The van der Waals surface area contributed by atoms with Crippen molar-refractivity contribution in [2.75, 3.05) is 0 Å². The van der Waals surface area contributed by atoms with E-state index >= 15 is 0 Å². The van der Waals surface area contributed by atoms with Crippen molar-refractivity contribution in [2.24, 2.45) is 12.8 Å². The van der Waals surface area contributed by atoms with E-state index < -0.39 is 5.54 Å². The quantitative estimate of drug-likeness (QED) is 0.776. The third-order valence-corrected chi connectivity index (χ3v) is 3.40. The molecule has 0 bridgehead atoms. The van der Waals surface area contributed by atoms with Crippen LogP contribution in [0.3, 0.4) is 0 Å². The van der Waals surface area contributed by atoms with Crippen LogP contribution < -0.4 is 5.73 Å². The minimum Gasteiger partial charge on any atom is -0.350 e. The number of aryl methyl sites for hydroxylation is 1. The Morgan fingerprint density at radius 1 is 1.15 bits per heavy atom. The van der Waals surface area contributed by atoms with Crippen molar-refractivity contribution in [3.8, 4) is 11.3 Å². The van der Waals surface area contributed by atoms with Crippen LogP contribution in [0.15, 0.2) is 42.7 Å². The lowest BCUT2D eigenvalue weighted by Gasteiger charge is -2.16. The Bertz CT molecular complexity index is 765. The van der Waals surface area contributed by atoms with Crippen molar-refractivity contribution in [1.29, 1.82) is 0 Å². The molecule has 3 rings (SSSR count). The van der Waals surface area contributed by atoms with Gasteiger partial charge in [0.05, 0.1) is 11.2 Å². The molecule has 0 saturated carbocycles. The maximum atomic E-state index is 6.09. The molecular weight excluding hydrogens is 248 g/mol. The lowest BCUT2D eigenvalue weighted by molar-refractivity contribution is 0.514. The Labute approximate surface area is 118 Å². The number of nitrogens with two attached hydrogens (primary N) is 1. The number of nitrogens with zero attached hydrogens (tertiary/aromatic N) is 3. The maximum Gasteiger partial charge on any atom is 0.148 e. The molecule has 1 aromatic carbocycles. The summed E-state index contributed by atoms with van der Waals surface area (Å²) in [5.74, 6) is 0.655. The highest BCUT2D eigenvalue weighted by molar-refractivity contribution is 5.95. The molecule has 0 fully saturated rings. The van der Waals surface area contributed by atoms with Crippen molar-refractivity contribution >= 4 is 10.9 Å². The third kappa shape index (κ3) is 2.08. The van der Waals surface area contributed by atoms with Gasteiger partial charge in [0.1, 0.15) is 5.82 Å². The summed E-state index contributed by atoms with van der Waals surface area (Å²) in [7, 11) is 2.04. The topological polar surface area (TPSA) is 56.7 Å². The van der Waals surface area contributed by atoms with E-state index in [0.717, 1.165) is 11.3 Å². The molecule has 0 aliphatic rings. The lowest BCUT2D eigenvalue weighted by atomic mass is 10.1. The molecule has 3 aromatic rings. The molecule has 0 spiro atoms. The van der Waals surface area contributed by atoms with E-state index in [2.05, 4.69) is 32.9 Å². The summed E-state index contributed by atoms with van der Waals surface area (Å²) in [4.78, 5) is 8.91. The Morgan fingerprint density at radius 2 is 1.90 bits per heavy atom. The summed E-state index contributed by atoms with van der Waals surface area (Å²) in [6.45, 7) is 3.82. The van der Waals surface area contributed by atoms with Crippen LogP contribution in [-0.2, 0) is 12.6 Å². The Morgan fingerprint density at radius 3 is 2.65 bits per heavy atom. The van der Waals surface area contributed by atoms with Gasteiger partial charge in [-0.1, -0.05) is 18.2 Å². The highest BCUT2D eigenvalue weighted by Gasteiger charge is 2.19. The maximum absolute atomic E-state index is 6.09. The summed E-state index contributed by atoms with van der Waals surface area (Å²) >= 11 is 0. The van der Waals surface area contributed by atoms with E-state index in [1.807, 2.05) is 39.1 Å². The average Bonchev–Trinajstić information content (AvgIpc) is 2.76. The SMILES string of the molecule is Cn1cc(-c2ccnc(C(C)(C)N)n2)c2ccccc21. The molecule has 0 radical (unpaired) electrons. The fourth-order valence-corrected chi connectivity index (χ4v) is 2.36. The molecule has 20 heavy (non-hydrogen) atoms. The van der Waals surface area contributed by atoms with Crippen LogP contribution in [0.4, 0.5) is 0 Å². The number of hydrogen-bond acceptors (Lipinski definition) is 3. The standard InChI is InChI=1S/C16H18N4/c1-16(2,17)15-18-9-8-13(19-15)12-10-20(3)14-7-5-4-6-11(12)14/h4-10H,17H2,1-3H3. The van der Waals surface area contributed by atoms with Gasteiger partial charge in [-0.2, -0.15) is 0 Å². The fraction of sp³-hybridized carbons (Fsp3) is 0.250. The first-order chi connectivity index (χ1) is 9.47. The number of benzene rings is 1. The van der Waals surface area contributed by atoms with Crippen molar-refractivity contribution in [2.45, 2.75) is 19.4 Å². The second-order valence-corrected chi connectivity index (χ2v) is 5.66. The molecule has 2 N–H and O–H groups in total. The average molecular weight is 266 g/mol. The molecule has 4 nitrogen and oxygen atoms in total. The number of aromatic nitrogens is 3. The van der Waals surface area contributed by atoms with Gasteiger partial charge in [0.15, 0.2) is 0 Å². The highest BCUT2D eigenvalue weighted by atomic mass is 15.0. The van der Waals surface area contributed by atoms with Gasteiger partial charge < -0.3 is 10.3 Å². The van der Waals surface area contributed by atoms with Crippen molar-refractivity contribution < 1.29 is 0 Å². The van der Waals surface area contributed by atoms with Gasteiger partial charge in [-0.15, -0.1) is 0 Å². The lowest BCUT2D eigenvalue weighted by Crippen LogP contribution is -2.31. The zero-order valence-electron chi connectivity index (χ0n) is 12.0. The number of rotatable bonds is 2. The first kappa shape index (κ1) is 12.8. The molecule has 0 unspecified atom stereocenters. The van der Waals surface area contributed by atoms with Crippen LogP contribution >= 0.6 is 0 Å². The summed E-state index contributed by atoms with van der Waals surface area (Å²) in [6, 6.07) is 10.2. The molecular formula is C16H18N4. The van der Waals surface area contributed by atoms with E-state index in [9.17, 15) is 0 Å². The van der Waals surface area contributed by atoms with Crippen molar-refractivity contribution in [1.82, 2.24) is 14.5 Å². The first-order valence-electron chi connectivity index (χ1n) is 6.63. The number of fused-ring (bicyclic) bond motifs is 1. The molecule has 0 saturated heterocycles. The van der Waals surface area contributed by atoms with E-state index in [-0.39, 0.29) is 0 Å². The molecule has 2 heterocycles. The van der Waals surface area contributed by atoms with Gasteiger partial charge in [0, 0.05) is 35.9 Å². The van der Waals surface area contributed by atoms with Gasteiger partial charge >= 0.3 is 0 Å². The summed E-state index contributed by atoms with van der Waals surface area (Å²) in [5, 5.41) is 1.19. The normalized spacial score (nSPS) is 12.0. The van der Waals surface area contributed by atoms with E-state index in [0.29, 0.717) is 5.82 Å². The van der Waals surface area contributed by atoms with Crippen LogP contribution in [0.2, 0.25) is 0 Å². The van der Waals surface area contributed by atoms with Crippen LogP contribution in [0.25, 0.3) is 22.2 Å². The minimum atomic E-state index is -0.541. The van der Waals surface area contributed by atoms with Crippen LogP contribution in [0, 0.1) is 0 Å². The van der Waals surface area contributed by atoms with Crippen LogP contribution in [0.1, 0.15) is 19.7 Å². The molecule has 0 atom stereocenters. The summed E-state index contributed by atoms with van der Waals surface area (Å²) < 4.78 is 2.11. The van der Waals surface area contributed by atoms with Gasteiger partial charge in [-0.3, -0.25) is 0 Å².